The van der Waals surface area contributed by atoms with Crippen LogP contribution in [0.4, 0.5) is 0 Å². The second-order valence-corrected chi connectivity index (χ2v) is 4.04. The number of pyridine rings is 1. The molecule has 6 heteroatoms. The number of hydrogen-bond donors (Lipinski definition) is 2. The van der Waals surface area contributed by atoms with E-state index < -0.39 is 0 Å². The van der Waals surface area contributed by atoms with Gasteiger partial charge in [0.05, 0.1) is 18.6 Å². The predicted octanol–water partition coefficient (Wildman–Crippen LogP) is 1.50. The van der Waals surface area contributed by atoms with Crippen LogP contribution in [-0.4, -0.2) is 20.9 Å². The SMILES string of the molecule is O=C(NCc1cnc[nH]1)c1ccc(Br)cn1. The standard InChI is InChI=1S/C10H9BrN4O/c11-7-1-2-9(13-3-7)10(16)14-5-8-4-12-6-15-8/h1-4,6H,5H2,(H,12,15)(H,14,16). The summed E-state index contributed by atoms with van der Waals surface area (Å²) in [6, 6.07) is 3.44. The lowest BCUT2D eigenvalue weighted by Gasteiger charge is -2.02. The van der Waals surface area contributed by atoms with Crippen molar-refractivity contribution in [3.63, 3.8) is 0 Å². The fraction of sp³-hybridized carbons (Fsp3) is 0.100. The molecular formula is C10H9BrN4O. The van der Waals surface area contributed by atoms with Gasteiger partial charge >= 0.3 is 0 Å². The summed E-state index contributed by atoms with van der Waals surface area (Å²) in [5.41, 5.74) is 1.24. The minimum atomic E-state index is -0.206. The lowest BCUT2D eigenvalue weighted by Crippen LogP contribution is -2.23. The summed E-state index contributed by atoms with van der Waals surface area (Å²) in [7, 11) is 0. The zero-order valence-corrected chi connectivity index (χ0v) is 9.86. The van der Waals surface area contributed by atoms with Crippen molar-refractivity contribution in [3.05, 3.63) is 46.7 Å². The number of nitrogens with one attached hydrogen (secondary N) is 2. The number of amides is 1. The summed E-state index contributed by atoms with van der Waals surface area (Å²) in [5, 5.41) is 2.73. The van der Waals surface area contributed by atoms with Crippen molar-refractivity contribution in [2.75, 3.05) is 0 Å². The molecule has 16 heavy (non-hydrogen) atoms. The van der Waals surface area contributed by atoms with Crippen LogP contribution < -0.4 is 5.32 Å². The second kappa shape index (κ2) is 4.89. The van der Waals surface area contributed by atoms with Crippen molar-refractivity contribution in [3.8, 4) is 0 Å². The molecule has 0 saturated heterocycles. The van der Waals surface area contributed by atoms with Crippen molar-refractivity contribution in [2.24, 2.45) is 0 Å². The fourth-order valence-corrected chi connectivity index (χ4v) is 1.39. The Kier molecular flexibility index (Phi) is 3.31. The summed E-state index contributed by atoms with van der Waals surface area (Å²) in [6.45, 7) is 0.413. The molecule has 2 heterocycles. The lowest BCUT2D eigenvalue weighted by molar-refractivity contribution is 0.0945. The van der Waals surface area contributed by atoms with E-state index in [9.17, 15) is 4.79 Å². The molecule has 0 unspecified atom stereocenters. The maximum absolute atomic E-state index is 11.6. The number of hydrogen-bond acceptors (Lipinski definition) is 3. The molecule has 0 aromatic carbocycles. The molecular weight excluding hydrogens is 272 g/mol. The van der Waals surface area contributed by atoms with E-state index in [1.807, 2.05) is 0 Å². The van der Waals surface area contributed by atoms with E-state index in [1.54, 1.807) is 30.9 Å². The third-order valence-corrected chi connectivity index (χ3v) is 2.42. The molecule has 2 aromatic heterocycles. The molecule has 0 aliphatic carbocycles. The Labute approximate surface area is 100 Å². The van der Waals surface area contributed by atoms with E-state index in [1.165, 1.54) is 0 Å². The Morgan fingerprint density at radius 2 is 2.31 bits per heavy atom. The van der Waals surface area contributed by atoms with Gasteiger partial charge in [0, 0.05) is 16.9 Å². The van der Waals surface area contributed by atoms with Crippen LogP contribution in [0.25, 0.3) is 0 Å². The third-order valence-electron chi connectivity index (χ3n) is 1.95. The molecule has 0 spiro atoms. The van der Waals surface area contributed by atoms with Gasteiger partial charge in [-0.25, -0.2) is 9.97 Å². The van der Waals surface area contributed by atoms with Crippen molar-refractivity contribution >= 4 is 21.8 Å². The monoisotopic (exact) mass is 280 g/mol. The first kappa shape index (κ1) is 10.8. The van der Waals surface area contributed by atoms with Gasteiger partial charge in [-0.3, -0.25) is 4.79 Å². The highest BCUT2D eigenvalue weighted by Gasteiger charge is 2.06. The topological polar surface area (TPSA) is 70.7 Å². The summed E-state index contributed by atoms with van der Waals surface area (Å²) in [4.78, 5) is 22.4. The van der Waals surface area contributed by atoms with Crippen LogP contribution in [0, 0.1) is 0 Å². The Balaban J connectivity index is 1.95. The van der Waals surface area contributed by atoms with Gasteiger partial charge in [0.25, 0.3) is 5.91 Å². The molecule has 0 aliphatic heterocycles. The van der Waals surface area contributed by atoms with E-state index >= 15 is 0 Å². The number of imidazole rings is 1. The van der Waals surface area contributed by atoms with Crippen molar-refractivity contribution in [1.29, 1.82) is 0 Å². The number of nitrogens with zero attached hydrogens (tertiary/aromatic N) is 2. The fourth-order valence-electron chi connectivity index (χ4n) is 1.16. The normalized spacial score (nSPS) is 10.1. The van der Waals surface area contributed by atoms with Crippen LogP contribution in [0.1, 0.15) is 16.2 Å². The molecule has 0 bridgehead atoms. The molecule has 0 aliphatic rings. The van der Waals surface area contributed by atoms with Gasteiger partial charge < -0.3 is 10.3 Å². The van der Waals surface area contributed by atoms with Crippen LogP contribution >= 0.6 is 15.9 Å². The first-order chi connectivity index (χ1) is 7.75. The maximum Gasteiger partial charge on any atom is 0.270 e. The summed E-state index contributed by atoms with van der Waals surface area (Å²) < 4.78 is 0.845. The maximum atomic E-state index is 11.6. The second-order valence-electron chi connectivity index (χ2n) is 3.12. The van der Waals surface area contributed by atoms with Crippen molar-refractivity contribution < 1.29 is 4.79 Å². The molecule has 2 rings (SSSR count). The minimum Gasteiger partial charge on any atom is -0.347 e. The molecule has 0 atom stereocenters. The van der Waals surface area contributed by atoms with Gasteiger partial charge in [0.15, 0.2) is 0 Å². The number of carbonyl (C=O) groups is 1. The average molecular weight is 281 g/mol. The minimum absolute atomic E-state index is 0.206. The number of rotatable bonds is 3. The van der Waals surface area contributed by atoms with Crippen LogP contribution in [0.5, 0.6) is 0 Å². The zero-order chi connectivity index (χ0) is 11.4. The lowest BCUT2D eigenvalue weighted by atomic mass is 10.3. The van der Waals surface area contributed by atoms with Crippen LogP contribution in [-0.2, 0) is 6.54 Å². The molecule has 2 N–H and O–H groups in total. The van der Waals surface area contributed by atoms with Crippen LogP contribution in [0.2, 0.25) is 0 Å². The van der Waals surface area contributed by atoms with Gasteiger partial charge in [-0.05, 0) is 28.1 Å². The van der Waals surface area contributed by atoms with Crippen LogP contribution in [0.15, 0.2) is 35.3 Å². The summed E-state index contributed by atoms with van der Waals surface area (Å²) in [6.07, 6.45) is 4.82. The Morgan fingerprint density at radius 1 is 1.44 bits per heavy atom. The van der Waals surface area contributed by atoms with E-state index in [-0.39, 0.29) is 5.91 Å². The molecule has 0 saturated carbocycles. The molecule has 1 amide bonds. The number of aromatic nitrogens is 3. The van der Waals surface area contributed by atoms with Gasteiger partial charge in [0.1, 0.15) is 5.69 Å². The highest BCUT2D eigenvalue weighted by molar-refractivity contribution is 9.10. The van der Waals surface area contributed by atoms with E-state index in [0.29, 0.717) is 12.2 Å². The quantitative estimate of drug-likeness (QED) is 0.895. The van der Waals surface area contributed by atoms with Gasteiger partial charge in [-0.2, -0.15) is 0 Å². The largest absolute Gasteiger partial charge is 0.347 e. The zero-order valence-electron chi connectivity index (χ0n) is 8.27. The predicted molar refractivity (Wildman–Crippen MR) is 61.7 cm³/mol. The number of halogens is 1. The number of H-pyrrole nitrogens is 1. The molecule has 0 fully saturated rings. The van der Waals surface area contributed by atoms with Crippen molar-refractivity contribution in [2.45, 2.75) is 6.54 Å². The van der Waals surface area contributed by atoms with Gasteiger partial charge in [0.2, 0.25) is 0 Å². The highest BCUT2D eigenvalue weighted by atomic mass is 79.9. The summed E-state index contributed by atoms with van der Waals surface area (Å²) in [5.74, 6) is -0.206. The Bertz CT molecular complexity index is 466. The van der Waals surface area contributed by atoms with Crippen molar-refractivity contribution in [1.82, 2.24) is 20.3 Å². The first-order valence-corrected chi connectivity index (χ1v) is 5.42. The van der Waals surface area contributed by atoms with E-state index in [4.69, 9.17) is 0 Å². The molecule has 0 radical (unpaired) electrons. The highest BCUT2D eigenvalue weighted by Crippen LogP contribution is 2.07. The Morgan fingerprint density at radius 3 is 2.94 bits per heavy atom. The Hall–Kier alpha value is -1.69. The van der Waals surface area contributed by atoms with E-state index in [2.05, 4.69) is 36.2 Å². The third kappa shape index (κ3) is 2.66. The average Bonchev–Trinajstić information content (AvgIpc) is 2.80. The molecule has 82 valence electrons. The summed E-state index contributed by atoms with van der Waals surface area (Å²) >= 11 is 3.26. The van der Waals surface area contributed by atoms with Gasteiger partial charge in [-0.15, -0.1) is 0 Å². The van der Waals surface area contributed by atoms with E-state index in [0.717, 1.165) is 10.2 Å². The number of carbonyl (C=O) groups excluding carboxylic acids is 1. The van der Waals surface area contributed by atoms with Gasteiger partial charge in [-0.1, -0.05) is 0 Å². The van der Waals surface area contributed by atoms with Crippen LogP contribution in [0.3, 0.4) is 0 Å². The first-order valence-electron chi connectivity index (χ1n) is 4.63. The molecule has 2 aromatic rings. The number of aromatic amines is 1. The smallest absolute Gasteiger partial charge is 0.270 e. The molecule has 5 nitrogen and oxygen atoms in total.